The number of pyridine rings is 1. The molecule has 3 aromatic heterocycles. The van der Waals surface area contributed by atoms with Crippen LogP contribution in [0.2, 0.25) is 0 Å². The van der Waals surface area contributed by atoms with Crippen LogP contribution in [0.3, 0.4) is 0 Å². The van der Waals surface area contributed by atoms with Gasteiger partial charge in [-0.25, -0.2) is 26.8 Å². The van der Waals surface area contributed by atoms with Crippen molar-refractivity contribution >= 4 is 52.1 Å². The summed E-state index contributed by atoms with van der Waals surface area (Å²) in [5.74, 6) is -0.181. The van der Waals surface area contributed by atoms with E-state index in [-0.39, 0.29) is 37.5 Å². The first-order valence-electron chi connectivity index (χ1n) is 9.72. The highest BCUT2D eigenvalue weighted by molar-refractivity contribution is 7.92. The number of fused-ring (bicyclic) bond motifs is 2. The first-order valence-corrected chi connectivity index (χ1v) is 13.8. The fourth-order valence-electron chi connectivity index (χ4n) is 3.46. The quantitative estimate of drug-likeness (QED) is 0.388. The fraction of sp³-hybridized carbons (Fsp3) is 0.300. The Morgan fingerprint density at radius 1 is 1.03 bits per heavy atom. The second kappa shape index (κ2) is 7.77. The Bertz CT molecular complexity index is 1620. The molecular formula is C20H18F3N3O4S3. The van der Waals surface area contributed by atoms with Crippen molar-refractivity contribution in [3.05, 3.63) is 36.2 Å². The van der Waals surface area contributed by atoms with Crippen LogP contribution < -0.4 is 0 Å². The Balaban J connectivity index is 2.05. The molecule has 0 aliphatic heterocycles. The summed E-state index contributed by atoms with van der Waals surface area (Å²) in [4.78, 5) is 8.03. The zero-order chi connectivity index (χ0) is 24.3. The van der Waals surface area contributed by atoms with Crippen LogP contribution in [0.15, 0.2) is 40.3 Å². The van der Waals surface area contributed by atoms with E-state index in [2.05, 4.69) is 9.97 Å². The average Bonchev–Trinajstić information content (AvgIpc) is 3.30. The molecular weight excluding hydrogens is 499 g/mol. The van der Waals surface area contributed by atoms with E-state index >= 15 is 0 Å². The summed E-state index contributed by atoms with van der Waals surface area (Å²) >= 11 is 1.03. The van der Waals surface area contributed by atoms with Gasteiger partial charge in [0.15, 0.2) is 25.5 Å². The first kappa shape index (κ1) is 23.6. The smallest absolute Gasteiger partial charge is 0.325 e. The standard InChI is InChI=1S/C20H18F3N3O4S3/c1-4-32(27,28)11-6-7-12-15(8-11)31-17(18(12)33(29,30)5-2)19-25-13-9-16(20(21,22)23)24-10-14(13)26(19)3/h6-10H,4-5H2,1-3H3. The van der Waals surface area contributed by atoms with Crippen molar-refractivity contribution in [3.8, 4) is 10.7 Å². The number of rotatable bonds is 5. The van der Waals surface area contributed by atoms with Crippen molar-refractivity contribution in [2.75, 3.05) is 11.5 Å². The van der Waals surface area contributed by atoms with Crippen molar-refractivity contribution in [2.45, 2.75) is 29.8 Å². The van der Waals surface area contributed by atoms with Crippen LogP contribution in [-0.2, 0) is 32.9 Å². The van der Waals surface area contributed by atoms with Gasteiger partial charge in [-0.15, -0.1) is 11.3 Å². The number of hydrogen-bond acceptors (Lipinski definition) is 7. The molecule has 7 nitrogen and oxygen atoms in total. The van der Waals surface area contributed by atoms with Crippen LogP contribution >= 0.6 is 11.3 Å². The molecule has 3 heterocycles. The lowest BCUT2D eigenvalue weighted by molar-refractivity contribution is -0.141. The number of benzene rings is 1. The van der Waals surface area contributed by atoms with Gasteiger partial charge in [-0.1, -0.05) is 19.9 Å². The average molecular weight is 518 g/mol. The molecule has 0 atom stereocenters. The second-order valence-electron chi connectivity index (χ2n) is 7.28. The van der Waals surface area contributed by atoms with Gasteiger partial charge < -0.3 is 4.57 Å². The van der Waals surface area contributed by atoms with Crippen LogP contribution in [-0.4, -0.2) is 42.9 Å². The van der Waals surface area contributed by atoms with Gasteiger partial charge in [0, 0.05) is 17.1 Å². The maximum Gasteiger partial charge on any atom is 0.433 e. The summed E-state index contributed by atoms with van der Waals surface area (Å²) in [5, 5.41) is 0.341. The highest BCUT2D eigenvalue weighted by Crippen LogP contribution is 2.43. The van der Waals surface area contributed by atoms with E-state index in [9.17, 15) is 30.0 Å². The van der Waals surface area contributed by atoms with Crippen LogP contribution in [0.25, 0.3) is 31.8 Å². The molecule has 0 bridgehead atoms. The lowest BCUT2D eigenvalue weighted by Crippen LogP contribution is -2.07. The van der Waals surface area contributed by atoms with E-state index in [0.29, 0.717) is 15.6 Å². The molecule has 0 radical (unpaired) electrons. The fourth-order valence-corrected chi connectivity index (χ4v) is 7.35. The van der Waals surface area contributed by atoms with E-state index in [4.69, 9.17) is 0 Å². The van der Waals surface area contributed by atoms with Gasteiger partial charge in [-0.3, -0.25) is 0 Å². The van der Waals surface area contributed by atoms with E-state index in [1.807, 2.05) is 0 Å². The van der Waals surface area contributed by atoms with Crippen LogP contribution in [0.4, 0.5) is 13.2 Å². The number of halogens is 3. The van der Waals surface area contributed by atoms with Crippen molar-refractivity contribution in [1.29, 1.82) is 0 Å². The molecule has 4 aromatic rings. The van der Waals surface area contributed by atoms with E-state index in [1.54, 1.807) is 7.05 Å². The number of aryl methyl sites for hydroxylation is 1. The molecule has 176 valence electrons. The maximum absolute atomic E-state index is 13.1. The molecule has 33 heavy (non-hydrogen) atoms. The zero-order valence-electron chi connectivity index (χ0n) is 17.6. The number of nitrogens with zero attached hydrogens (tertiary/aromatic N) is 3. The number of aromatic nitrogens is 3. The Kier molecular flexibility index (Phi) is 5.57. The largest absolute Gasteiger partial charge is 0.433 e. The third-order valence-electron chi connectivity index (χ3n) is 5.31. The van der Waals surface area contributed by atoms with Gasteiger partial charge >= 0.3 is 6.18 Å². The predicted octanol–water partition coefficient (Wildman–Crippen LogP) is 4.46. The maximum atomic E-state index is 13.1. The summed E-state index contributed by atoms with van der Waals surface area (Å²) < 4.78 is 91.8. The van der Waals surface area contributed by atoms with E-state index in [0.717, 1.165) is 23.6 Å². The van der Waals surface area contributed by atoms with Gasteiger partial charge in [0.2, 0.25) is 0 Å². The van der Waals surface area contributed by atoms with E-state index in [1.165, 1.54) is 36.6 Å². The molecule has 1 aromatic carbocycles. The number of hydrogen-bond donors (Lipinski definition) is 0. The summed E-state index contributed by atoms with van der Waals surface area (Å²) in [6, 6.07) is 5.04. The van der Waals surface area contributed by atoms with Crippen LogP contribution in [0.1, 0.15) is 19.5 Å². The number of imidazole rings is 1. The second-order valence-corrected chi connectivity index (χ2v) is 12.8. The molecule has 0 spiro atoms. The Morgan fingerprint density at radius 3 is 2.30 bits per heavy atom. The molecule has 0 unspecified atom stereocenters. The van der Waals surface area contributed by atoms with Gasteiger partial charge in [-0.05, 0) is 18.2 Å². The molecule has 0 saturated carbocycles. The third kappa shape index (κ3) is 3.91. The lowest BCUT2D eigenvalue weighted by Gasteiger charge is -2.06. The van der Waals surface area contributed by atoms with Gasteiger partial charge in [0.1, 0.15) is 5.69 Å². The van der Waals surface area contributed by atoms with Crippen molar-refractivity contribution in [1.82, 2.24) is 14.5 Å². The predicted molar refractivity (Wildman–Crippen MR) is 120 cm³/mol. The Labute approximate surface area is 191 Å². The van der Waals surface area contributed by atoms with Crippen molar-refractivity contribution in [3.63, 3.8) is 0 Å². The molecule has 0 aliphatic carbocycles. The summed E-state index contributed by atoms with van der Waals surface area (Å²) in [5.41, 5.74) is -0.794. The minimum absolute atomic E-state index is 0.0152. The molecule has 0 fully saturated rings. The number of thiophene rings is 1. The number of sulfone groups is 2. The van der Waals surface area contributed by atoms with Gasteiger partial charge in [-0.2, -0.15) is 13.2 Å². The topological polar surface area (TPSA) is 99.0 Å². The monoisotopic (exact) mass is 517 g/mol. The summed E-state index contributed by atoms with van der Waals surface area (Å²) in [7, 11) is -5.76. The third-order valence-corrected chi connectivity index (χ3v) is 10.1. The minimum atomic E-state index is -4.65. The van der Waals surface area contributed by atoms with Crippen molar-refractivity contribution in [2.24, 2.45) is 7.05 Å². The molecule has 0 saturated heterocycles. The summed E-state index contributed by atoms with van der Waals surface area (Å²) in [6.45, 7) is 2.99. The SMILES string of the molecule is CCS(=O)(=O)c1ccc2c(S(=O)(=O)CC)c(-c3nc4cc(C(F)(F)F)ncc4n3C)sc2c1. The lowest BCUT2D eigenvalue weighted by atomic mass is 10.2. The Morgan fingerprint density at radius 2 is 1.70 bits per heavy atom. The highest BCUT2D eigenvalue weighted by Gasteiger charge is 2.34. The van der Waals surface area contributed by atoms with Crippen LogP contribution in [0.5, 0.6) is 0 Å². The molecule has 13 heteroatoms. The normalized spacial score (nSPS) is 13.3. The van der Waals surface area contributed by atoms with Crippen molar-refractivity contribution < 1.29 is 30.0 Å². The highest BCUT2D eigenvalue weighted by atomic mass is 32.2. The minimum Gasteiger partial charge on any atom is -0.325 e. The number of alkyl halides is 3. The zero-order valence-corrected chi connectivity index (χ0v) is 20.1. The van der Waals surface area contributed by atoms with E-state index < -0.39 is 31.5 Å². The first-order chi connectivity index (χ1) is 15.3. The Hall–Kier alpha value is -2.51. The summed E-state index contributed by atoms with van der Waals surface area (Å²) in [6.07, 6.45) is -3.61. The molecule has 0 aliphatic rings. The van der Waals surface area contributed by atoms with Crippen LogP contribution in [0, 0.1) is 0 Å². The molecule has 4 rings (SSSR count). The molecule has 0 amide bonds. The van der Waals surface area contributed by atoms with Gasteiger partial charge in [0.25, 0.3) is 0 Å². The molecule has 0 N–H and O–H groups in total. The van der Waals surface area contributed by atoms with Gasteiger partial charge in [0.05, 0.1) is 43.4 Å².